The predicted octanol–water partition coefficient (Wildman–Crippen LogP) is 10.3. The van der Waals surface area contributed by atoms with E-state index < -0.39 is 27.8 Å². The molecule has 0 bridgehead atoms. The number of hydrogen-bond acceptors (Lipinski definition) is 28. The number of nitrogens with zero attached hydrogens (tertiary/aromatic N) is 18. The molecule has 37 nitrogen and oxygen atoms in total. The van der Waals surface area contributed by atoms with Crippen LogP contribution in [0.5, 0.6) is 23.0 Å². The lowest BCUT2D eigenvalue weighted by Crippen LogP contribution is -2.36. The van der Waals surface area contributed by atoms with Crippen LogP contribution in [0.4, 0.5) is 20.4 Å². The Morgan fingerprint density at radius 2 is 0.720 bits per heavy atom. The number of anilines is 1. The third-order valence-corrected chi connectivity index (χ3v) is 13.2. The summed E-state index contributed by atoms with van der Waals surface area (Å²) in [5, 5.41) is 21.9. The minimum atomic E-state index is -3.75. The summed E-state index contributed by atoms with van der Waals surface area (Å²) in [5.74, 6) is 1.42. The van der Waals surface area contributed by atoms with Crippen LogP contribution in [-0.2, 0) is 71.1 Å². The van der Waals surface area contributed by atoms with Crippen LogP contribution in [0.15, 0.2) is 123 Å². The van der Waals surface area contributed by atoms with Gasteiger partial charge < -0.3 is 81.1 Å². The minimum Gasteiger partial charge on any atom is -0.504 e. The second kappa shape index (κ2) is 70.3. The molecule has 1 N–H and O–H groups in total. The Balaban J connectivity index is 0.00000133. The third-order valence-electron chi connectivity index (χ3n) is 11.8. The second-order valence-electron chi connectivity index (χ2n) is 21.7. The van der Waals surface area contributed by atoms with Gasteiger partial charge in [-0.15, -0.1) is 0 Å². The fourth-order valence-electron chi connectivity index (χ4n) is 7.06. The highest BCUT2D eigenvalue weighted by atomic mass is 32.2. The van der Waals surface area contributed by atoms with Gasteiger partial charge in [0, 0.05) is 84.7 Å². The molecule has 40 heteroatoms. The summed E-state index contributed by atoms with van der Waals surface area (Å²) in [4.78, 5) is 27.8. The predicted molar refractivity (Wildman–Crippen MR) is 395 cm³/mol. The fourth-order valence-corrected chi connectivity index (χ4v) is 7.95. The van der Waals surface area contributed by atoms with Gasteiger partial charge in [-0.3, -0.25) is 8.67 Å². The van der Waals surface area contributed by atoms with Crippen molar-refractivity contribution in [2.45, 2.75) is 32.1 Å². The number of pyridine rings is 4. The topological polar surface area (TPSA) is 452 Å². The van der Waals surface area contributed by atoms with Crippen molar-refractivity contribution in [2.24, 2.45) is 20.5 Å². The molecule has 0 atom stereocenters. The van der Waals surface area contributed by atoms with Gasteiger partial charge in [0.2, 0.25) is 5.75 Å². The molecule has 5 aromatic rings. The standard InChI is InChI=1S/C16H28N5O4.C15H25N5O4.C15H23N3O6S.C13H19FN4O4.C5H4FNO.C3H8/c1-21(2,3)16-15(5-4-6-18-16)25-14-13-24-12-11-23-10-9-22-8-7-19-20-17;1-20(2)15-14(4-3-5-17-15)24-13-12-23-11-10-22-9-8-21-7-6-18-19-16;1-14-2-4-15(5-3-14)25(19,20)24-13-12-23-11-10-22-9-8-21-7-6-17-18-16;14-13-12(2-1-3-16-13)22-11-10-21-9-8-20-7-6-19-5-4-17-18-15;6-5-4(8)2-1-3-7-5;1-3-2/h4-6H,7-14H2,1-3H3;3-5H,6-13H2,1-2H3;2-5H,6-13H2,1H3;1-3H,4-11H2;1-3,8H;3H2,1-2H3/q+1;;;;;. The number of azide groups is 4. The van der Waals surface area contributed by atoms with E-state index in [0.717, 1.165) is 28.7 Å². The van der Waals surface area contributed by atoms with Crippen LogP contribution in [0.2, 0.25) is 0 Å². The summed E-state index contributed by atoms with van der Waals surface area (Å²) in [5.41, 5.74) is 33.2. The van der Waals surface area contributed by atoms with E-state index in [-0.39, 0.29) is 30.5 Å². The van der Waals surface area contributed by atoms with E-state index in [0.29, 0.717) is 196 Å². The van der Waals surface area contributed by atoms with Crippen LogP contribution in [0.25, 0.3) is 41.8 Å². The van der Waals surface area contributed by atoms with E-state index >= 15 is 0 Å². The number of aromatic hydroxyl groups is 1. The van der Waals surface area contributed by atoms with Crippen LogP contribution in [0, 0.1) is 18.8 Å². The third kappa shape index (κ3) is 59.1. The molecule has 0 radical (unpaired) electrons. The summed E-state index contributed by atoms with van der Waals surface area (Å²) in [7, 11) is 6.23. The lowest BCUT2D eigenvalue weighted by Gasteiger charge is -2.23. The van der Waals surface area contributed by atoms with Crippen molar-refractivity contribution in [3.63, 3.8) is 0 Å². The highest BCUT2D eigenvalue weighted by Crippen LogP contribution is 2.27. The Bertz CT molecular complexity index is 3270. The number of ether oxygens (including phenoxy) is 15. The Kier molecular flexibility index (Phi) is 64.6. The SMILES string of the molecule is CCC.CN(C)c1ncccc1OCCOCCOCCOCCN=[N+]=[N-].C[N+](C)(C)c1ncccc1OCCOCCOCCOCCN=[N+]=[N-].Cc1ccc(S(=O)(=O)OCCOCCOCCOCCN=[N+]=[N-])cc1.Oc1cccnc1F.[N-]=[N+]=NCCOCCOCCOCCOc1cccnc1F. The molecule has 598 valence electrons. The second-order valence-corrected chi connectivity index (χ2v) is 23.3. The van der Waals surface area contributed by atoms with E-state index in [1.165, 1.54) is 49.1 Å². The first-order valence-corrected chi connectivity index (χ1v) is 35.4. The maximum Gasteiger partial charge on any atom is 0.297 e. The monoisotopic (exact) mass is 1540 g/mol. The van der Waals surface area contributed by atoms with Gasteiger partial charge >= 0.3 is 0 Å². The van der Waals surface area contributed by atoms with Crippen LogP contribution < -0.4 is 23.6 Å². The number of halogens is 2. The molecule has 0 aliphatic heterocycles. The first-order valence-electron chi connectivity index (χ1n) is 34.0. The average Bonchev–Trinajstić information content (AvgIpc) is 0.851. The number of rotatable bonds is 55. The molecule has 0 aliphatic carbocycles. The molecule has 0 saturated carbocycles. The van der Waals surface area contributed by atoms with Crippen molar-refractivity contribution in [3.8, 4) is 23.0 Å². The summed E-state index contributed by atoms with van der Waals surface area (Å²) in [6.45, 7) is 18.6. The molecular formula is C67H107F2N18O19S+. The van der Waals surface area contributed by atoms with Gasteiger partial charge in [0.15, 0.2) is 23.1 Å². The van der Waals surface area contributed by atoms with Crippen molar-refractivity contribution >= 4 is 21.8 Å². The van der Waals surface area contributed by atoms with Gasteiger partial charge in [-0.05, 0) is 89.7 Å². The number of aryl methyl sites for hydroxylation is 1. The summed E-state index contributed by atoms with van der Waals surface area (Å²) < 4.78 is 134. The molecule has 0 saturated heterocycles. The zero-order valence-electron chi connectivity index (χ0n) is 62.6. The number of hydrogen-bond donors (Lipinski definition) is 1. The lowest BCUT2D eigenvalue weighted by atomic mass is 10.2. The molecule has 0 spiro atoms. The summed E-state index contributed by atoms with van der Waals surface area (Å²) >= 11 is 0. The van der Waals surface area contributed by atoms with E-state index in [2.05, 4.69) is 73.9 Å². The van der Waals surface area contributed by atoms with Gasteiger partial charge in [-0.2, -0.15) is 17.2 Å². The van der Waals surface area contributed by atoms with Crippen molar-refractivity contribution in [2.75, 3.05) is 251 Å². The smallest absolute Gasteiger partial charge is 0.297 e. The first kappa shape index (κ1) is 98.3. The molecule has 1 aromatic carbocycles. The zero-order chi connectivity index (χ0) is 78.8. The van der Waals surface area contributed by atoms with Crippen LogP contribution in [-0.4, -0.2) is 280 Å². The van der Waals surface area contributed by atoms with E-state index in [4.69, 9.17) is 102 Å². The summed E-state index contributed by atoms with van der Waals surface area (Å²) in [6.07, 6.45) is 7.38. The van der Waals surface area contributed by atoms with Crippen LogP contribution >= 0.6 is 0 Å². The molecule has 5 rings (SSSR count). The maximum absolute atomic E-state index is 13.1. The van der Waals surface area contributed by atoms with Gasteiger partial charge in [0.1, 0.15) is 19.8 Å². The van der Waals surface area contributed by atoms with Crippen molar-refractivity contribution in [1.82, 2.24) is 24.4 Å². The number of benzene rings is 1. The average molecular weight is 1540 g/mol. The van der Waals surface area contributed by atoms with Crippen molar-refractivity contribution < 1.29 is 97.5 Å². The number of aromatic nitrogens is 4. The van der Waals surface area contributed by atoms with Gasteiger partial charge in [0.05, 0.1) is 191 Å². The lowest BCUT2D eigenvalue weighted by molar-refractivity contribution is 0.0103. The highest BCUT2D eigenvalue weighted by Gasteiger charge is 2.20. The molecule has 4 aromatic heterocycles. The fraction of sp³-hybridized carbons (Fsp3) is 0.612. The minimum absolute atomic E-state index is 0.0568. The highest BCUT2D eigenvalue weighted by molar-refractivity contribution is 7.86. The molecule has 0 amide bonds. The molecular weight excluding hydrogens is 1430 g/mol. The van der Waals surface area contributed by atoms with Crippen molar-refractivity contribution in [3.05, 3.63) is 157 Å². The van der Waals surface area contributed by atoms with Gasteiger partial charge in [0.25, 0.3) is 27.8 Å². The van der Waals surface area contributed by atoms with Gasteiger partial charge in [-0.25, -0.2) is 19.9 Å². The Morgan fingerprint density at radius 1 is 0.421 bits per heavy atom. The molecule has 0 unspecified atom stereocenters. The molecule has 0 fully saturated rings. The Morgan fingerprint density at radius 3 is 1.06 bits per heavy atom. The first-order chi connectivity index (χ1) is 51.9. The van der Waals surface area contributed by atoms with E-state index in [1.807, 2.05) is 71.3 Å². The molecule has 4 heterocycles. The van der Waals surface area contributed by atoms with Gasteiger partial charge in [-0.1, -0.05) is 58.4 Å². The van der Waals surface area contributed by atoms with E-state index in [9.17, 15) is 17.2 Å². The largest absolute Gasteiger partial charge is 0.504 e. The van der Waals surface area contributed by atoms with E-state index in [1.54, 1.807) is 30.6 Å². The van der Waals surface area contributed by atoms with Crippen LogP contribution in [0.1, 0.15) is 25.8 Å². The quantitative estimate of drug-likeness (QED) is 0.00719. The number of quaternary nitrogens is 1. The normalized spacial score (nSPS) is 10.5. The molecule has 107 heavy (non-hydrogen) atoms. The maximum atomic E-state index is 13.1. The Labute approximate surface area is 625 Å². The zero-order valence-corrected chi connectivity index (χ0v) is 63.4. The summed E-state index contributed by atoms with van der Waals surface area (Å²) in [6, 6.07) is 19.7. The van der Waals surface area contributed by atoms with Crippen LogP contribution in [0.3, 0.4) is 0 Å². The molecule has 0 aliphatic rings. The van der Waals surface area contributed by atoms with Crippen molar-refractivity contribution in [1.29, 1.82) is 0 Å². The Hall–Kier alpha value is -8.69.